The summed E-state index contributed by atoms with van der Waals surface area (Å²) in [7, 11) is 0. The van der Waals surface area contributed by atoms with Crippen LogP contribution in [0.25, 0.3) is 22.1 Å². The predicted molar refractivity (Wildman–Crippen MR) is 111 cm³/mol. The van der Waals surface area contributed by atoms with Gasteiger partial charge in [0.1, 0.15) is 23.0 Å². The van der Waals surface area contributed by atoms with Gasteiger partial charge in [0.2, 0.25) is 0 Å². The number of nitrogens with zero attached hydrogens (tertiary/aromatic N) is 1. The lowest BCUT2D eigenvalue weighted by Gasteiger charge is -2.32. The van der Waals surface area contributed by atoms with Crippen LogP contribution in [0, 0.1) is 18.6 Å². The highest BCUT2D eigenvalue weighted by Crippen LogP contribution is 2.39. The number of hydrogen-bond acceptors (Lipinski definition) is 4. The zero-order valence-corrected chi connectivity index (χ0v) is 16.1. The van der Waals surface area contributed by atoms with Crippen LogP contribution in [-0.4, -0.2) is 6.73 Å². The Morgan fingerprint density at radius 3 is 2.57 bits per heavy atom. The van der Waals surface area contributed by atoms with Crippen molar-refractivity contribution >= 4 is 16.7 Å². The van der Waals surface area contributed by atoms with Crippen LogP contribution in [0.1, 0.15) is 11.1 Å². The van der Waals surface area contributed by atoms with E-state index in [0.29, 0.717) is 17.9 Å². The lowest BCUT2D eigenvalue weighted by Crippen LogP contribution is -2.33. The second kappa shape index (κ2) is 6.99. The minimum atomic E-state index is -0.643. The molecule has 0 atom stereocenters. The zero-order chi connectivity index (χ0) is 20.8. The summed E-state index contributed by atoms with van der Waals surface area (Å²) in [5.74, 6) is -0.649. The van der Waals surface area contributed by atoms with Gasteiger partial charge in [-0.05, 0) is 36.2 Å². The third-order valence-electron chi connectivity index (χ3n) is 5.35. The van der Waals surface area contributed by atoms with Gasteiger partial charge in [-0.15, -0.1) is 0 Å². The van der Waals surface area contributed by atoms with Crippen LogP contribution in [-0.2, 0) is 6.54 Å². The van der Waals surface area contributed by atoms with Crippen molar-refractivity contribution in [2.24, 2.45) is 0 Å². The normalized spacial score (nSPS) is 13.2. The minimum Gasteiger partial charge on any atom is -0.472 e. The van der Waals surface area contributed by atoms with Crippen molar-refractivity contribution in [2.75, 3.05) is 11.6 Å². The Kier molecular flexibility index (Phi) is 4.28. The molecule has 0 unspecified atom stereocenters. The zero-order valence-electron chi connectivity index (χ0n) is 16.1. The molecular weight excluding hydrogens is 388 g/mol. The standard InChI is InChI=1S/C24H17F2NO3/c1-14-23-16(12-27(13-29-23)21-8-7-17(25)10-20(21)26)9-19-18(11-22(28)30-24(14)19)15-5-3-2-4-6-15/h2-11H,12-13H2,1H3. The van der Waals surface area contributed by atoms with Gasteiger partial charge in [0.25, 0.3) is 0 Å². The molecule has 0 aliphatic carbocycles. The van der Waals surface area contributed by atoms with Gasteiger partial charge in [0, 0.05) is 35.2 Å². The van der Waals surface area contributed by atoms with Crippen LogP contribution >= 0.6 is 0 Å². The van der Waals surface area contributed by atoms with Crippen LogP contribution in [0.3, 0.4) is 0 Å². The first-order valence-electron chi connectivity index (χ1n) is 9.50. The van der Waals surface area contributed by atoms with Crippen molar-refractivity contribution in [3.05, 3.63) is 93.8 Å². The van der Waals surface area contributed by atoms with E-state index in [-0.39, 0.29) is 12.4 Å². The van der Waals surface area contributed by atoms with Crippen LogP contribution in [0.5, 0.6) is 5.75 Å². The van der Waals surface area contributed by atoms with E-state index in [1.807, 2.05) is 43.3 Å². The Labute approximate surface area is 170 Å². The predicted octanol–water partition coefficient (Wildman–Crippen LogP) is 5.40. The van der Waals surface area contributed by atoms with Gasteiger partial charge in [-0.3, -0.25) is 0 Å². The molecule has 0 saturated heterocycles. The second-order valence-electron chi connectivity index (χ2n) is 7.28. The molecule has 0 saturated carbocycles. The molecule has 5 rings (SSSR count). The monoisotopic (exact) mass is 405 g/mol. The molecule has 4 aromatic rings. The highest BCUT2D eigenvalue weighted by molar-refractivity contribution is 5.96. The Morgan fingerprint density at radius 1 is 1.00 bits per heavy atom. The summed E-state index contributed by atoms with van der Waals surface area (Å²) in [5.41, 5.74) is 3.52. The van der Waals surface area contributed by atoms with Crippen molar-refractivity contribution in [2.45, 2.75) is 13.5 Å². The molecule has 4 nitrogen and oxygen atoms in total. The van der Waals surface area contributed by atoms with Crippen LogP contribution < -0.4 is 15.3 Å². The first-order valence-corrected chi connectivity index (χ1v) is 9.50. The first kappa shape index (κ1) is 18.4. The summed E-state index contributed by atoms with van der Waals surface area (Å²) >= 11 is 0. The van der Waals surface area contributed by atoms with Crippen LogP contribution in [0.15, 0.2) is 69.9 Å². The molecule has 0 fully saturated rings. The Hall–Kier alpha value is -3.67. The lowest BCUT2D eigenvalue weighted by molar-refractivity contribution is 0.285. The van der Waals surface area contributed by atoms with E-state index in [9.17, 15) is 13.6 Å². The minimum absolute atomic E-state index is 0.102. The number of halogens is 2. The van der Waals surface area contributed by atoms with Gasteiger partial charge >= 0.3 is 5.63 Å². The van der Waals surface area contributed by atoms with Gasteiger partial charge in [0.05, 0.1) is 5.69 Å². The highest BCUT2D eigenvalue weighted by atomic mass is 19.1. The maximum atomic E-state index is 14.3. The average molecular weight is 405 g/mol. The maximum Gasteiger partial charge on any atom is 0.336 e. The van der Waals surface area contributed by atoms with Crippen LogP contribution in [0.2, 0.25) is 0 Å². The van der Waals surface area contributed by atoms with Gasteiger partial charge in [0.15, 0.2) is 6.73 Å². The van der Waals surface area contributed by atoms with E-state index in [1.54, 1.807) is 4.90 Å². The molecule has 1 aliphatic rings. The molecule has 0 bridgehead atoms. The fourth-order valence-corrected chi connectivity index (χ4v) is 3.97. The molecule has 0 N–H and O–H groups in total. The Bertz CT molecular complexity index is 1330. The molecule has 6 heteroatoms. The Morgan fingerprint density at radius 2 is 1.80 bits per heavy atom. The molecule has 30 heavy (non-hydrogen) atoms. The maximum absolute atomic E-state index is 14.3. The van der Waals surface area contributed by atoms with Crippen molar-refractivity contribution < 1.29 is 17.9 Å². The third-order valence-corrected chi connectivity index (χ3v) is 5.35. The molecule has 3 aromatic carbocycles. The topological polar surface area (TPSA) is 42.7 Å². The number of hydrogen-bond donors (Lipinski definition) is 0. The fourth-order valence-electron chi connectivity index (χ4n) is 3.97. The smallest absolute Gasteiger partial charge is 0.336 e. The van der Waals surface area contributed by atoms with E-state index in [1.165, 1.54) is 18.2 Å². The number of aryl methyl sites for hydroxylation is 1. The molecular formula is C24H17F2NO3. The molecule has 2 heterocycles. The summed E-state index contributed by atoms with van der Waals surface area (Å²) < 4.78 is 39.0. The number of anilines is 1. The summed E-state index contributed by atoms with van der Waals surface area (Å²) in [6.07, 6.45) is 0. The number of ether oxygens (including phenoxy) is 1. The van der Waals surface area contributed by atoms with E-state index in [2.05, 4.69) is 0 Å². The first-order chi connectivity index (χ1) is 14.5. The van der Waals surface area contributed by atoms with Gasteiger partial charge < -0.3 is 14.1 Å². The summed E-state index contributed by atoms with van der Waals surface area (Å²) in [5, 5.41) is 0.780. The molecule has 150 valence electrons. The van der Waals surface area contributed by atoms with Crippen LogP contribution in [0.4, 0.5) is 14.5 Å². The lowest BCUT2D eigenvalue weighted by atomic mass is 9.97. The van der Waals surface area contributed by atoms with E-state index < -0.39 is 17.3 Å². The summed E-state index contributed by atoms with van der Waals surface area (Å²) in [4.78, 5) is 13.9. The Balaban J connectivity index is 1.67. The average Bonchev–Trinajstić information content (AvgIpc) is 2.74. The third kappa shape index (κ3) is 3.01. The number of benzene rings is 3. The van der Waals surface area contributed by atoms with Crippen molar-refractivity contribution in [1.29, 1.82) is 0 Å². The van der Waals surface area contributed by atoms with E-state index >= 15 is 0 Å². The van der Waals surface area contributed by atoms with Gasteiger partial charge in [-0.1, -0.05) is 30.3 Å². The fraction of sp³-hybridized carbons (Fsp3) is 0.125. The number of rotatable bonds is 2. The second-order valence-corrected chi connectivity index (χ2v) is 7.28. The SMILES string of the molecule is Cc1c2c(cc3c(-c4ccccc4)cc(=O)oc13)CN(c1ccc(F)cc1F)CO2. The van der Waals surface area contributed by atoms with Crippen molar-refractivity contribution in [3.8, 4) is 16.9 Å². The summed E-state index contributed by atoms with van der Waals surface area (Å²) in [6.45, 7) is 2.32. The molecule has 0 radical (unpaired) electrons. The van der Waals surface area contributed by atoms with Crippen molar-refractivity contribution in [1.82, 2.24) is 0 Å². The molecule has 1 aromatic heterocycles. The number of fused-ring (bicyclic) bond motifs is 2. The molecule has 1 aliphatic heterocycles. The molecule has 0 amide bonds. The van der Waals surface area contributed by atoms with Gasteiger partial charge in [-0.2, -0.15) is 0 Å². The van der Waals surface area contributed by atoms with E-state index in [0.717, 1.165) is 33.7 Å². The van der Waals surface area contributed by atoms with E-state index in [4.69, 9.17) is 9.15 Å². The van der Waals surface area contributed by atoms with Gasteiger partial charge in [-0.25, -0.2) is 13.6 Å². The largest absolute Gasteiger partial charge is 0.472 e. The summed E-state index contributed by atoms with van der Waals surface area (Å²) in [6, 6.07) is 16.5. The highest BCUT2D eigenvalue weighted by Gasteiger charge is 2.25. The van der Waals surface area contributed by atoms with Crippen molar-refractivity contribution in [3.63, 3.8) is 0 Å². The quantitative estimate of drug-likeness (QED) is 0.419. The molecule has 0 spiro atoms.